The molecule has 0 aliphatic heterocycles. The van der Waals surface area contributed by atoms with Gasteiger partial charge in [0.15, 0.2) is 0 Å². The van der Waals surface area contributed by atoms with Crippen molar-refractivity contribution >= 4 is 16.7 Å². The molecule has 0 aliphatic carbocycles. The summed E-state index contributed by atoms with van der Waals surface area (Å²) in [6.07, 6.45) is 7.90. The molecule has 2 rings (SSSR count). The van der Waals surface area contributed by atoms with Crippen LogP contribution in [0.2, 0.25) is 0 Å². The summed E-state index contributed by atoms with van der Waals surface area (Å²) in [7, 11) is -0.902. The minimum Gasteiger partial charge on any atom is -0.352 e. The number of aromatic nitrogens is 2. The molecule has 1 aromatic carbocycles. The monoisotopic (exact) mass is 305 g/mol. The van der Waals surface area contributed by atoms with Gasteiger partial charge in [0.25, 0.3) is 5.91 Å². The Bertz CT molecular complexity index is 611. The average molecular weight is 305 g/mol. The first kappa shape index (κ1) is 15.4. The number of imidazole rings is 1. The number of hydrogen-bond acceptors (Lipinski definition) is 3. The van der Waals surface area contributed by atoms with Gasteiger partial charge in [0.2, 0.25) is 0 Å². The molecule has 0 bridgehead atoms. The second kappa shape index (κ2) is 7.73. The van der Waals surface area contributed by atoms with Crippen molar-refractivity contribution in [3.8, 4) is 0 Å². The zero-order valence-corrected chi connectivity index (χ0v) is 12.8. The Morgan fingerprint density at radius 3 is 3.00 bits per heavy atom. The lowest BCUT2D eigenvalue weighted by molar-refractivity contribution is 0.0952. The number of hydrogen-bond donors (Lipinski definition) is 1. The van der Waals surface area contributed by atoms with Crippen LogP contribution >= 0.6 is 0 Å². The number of amides is 1. The third-order valence-corrected chi connectivity index (χ3v) is 3.74. The first-order valence-electron chi connectivity index (χ1n) is 6.78. The van der Waals surface area contributed by atoms with E-state index in [0.717, 1.165) is 18.5 Å². The highest BCUT2D eigenvalue weighted by molar-refractivity contribution is 7.83. The van der Waals surface area contributed by atoms with Gasteiger partial charge in [0.1, 0.15) is 0 Å². The van der Waals surface area contributed by atoms with E-state index >= 15 is 0 Å². The first-order valence-corrected chi connectivity index (χ1v) is 8.51. The van der Waals surface area contributed by atoms with Gasteiger partial charge in [-0.1, -0.05) is 12.1 Å². The van der Waals surface area contributed by atoms with E-state index in [2.05, 4.69) is 10.3 Å². The van der Waals surface area contributed by atoms with E-state index in [1.54, 1.807) is 30.9 Å². The first-order chi connectivity index (χ1) is 10.1. The lowest BCUT2D eigenvalue weighted by atomic mass is 10.1. The zero-order valence-electron chi connectivity index (χ0n) is 12.0. The lowest BCUT2D eigenvalue weighted by Crippen LogP contribution is -2.25. The number of aryl methyl sites for hydroxylation is 1. The van der Waals surface area contributed by atoms with Crippen molar-refractivity contribution in [2.75, 3.05) is 12.8 Å². The molecule has 6 heteroatoms. The molecule has 0 aliphatic rings. The molecular formula is C15H19N3O2S. The van der Waals surface area contributed by atoms with Gasteiger partial charge in [0.05, 0.1) is 6.33 Å². The third kappa shape index (κ3) is 5.15. The minimum absolute atomic E-state index is 0.0932. The fourth-order valence-corrected chi connectivity index (χ4v) is 2.67. The topological polar surface area (TPSA) is 64.0 Å². The predicted molar refractivity (Wildman–Crippen MR) is 83.4 cm³/mol. The van der Waals surface area contributed by atoms with E-state index < -0.39 is 10.8 Å². The Morgan fingerprint density at radius 1 is 1.43 bits per heavy atom. The standard InChI is InChI=1S/C15H19N3O2S/c1-21(20)11-13-4-2-5-14(10-13)15(19)17-6-3-8-18-9-7-16-12-18/h2,4-5,7,9-10,12H,3,6,8,11H2,1H3,(H,17,19). The average Bonchev–Trinajstić information content (AvgIpc) is 2.96. The van der Waals surface area contributed by atoms with Crippen molar-refractivity contribution in [2.24, 2.45) is 0 Å². The van der Waals surface area contributed by atoms with Crippen LogP contribution in [0.4, 0.5) is 0 Å². The number of nitrogens with one attached hydrogen (secondary N) is 1. The zero-order chi connectivity index (χ0) is 15.1. The van der Waals surface area contributed by atoms with Crippen LogP contribution in [0.3, 0.4) is 0 Å². The molecule has 0 saturated heterocycles. The van der Waals surface area contributed by atoms with E-state index in [9.17, 15) is 9.00 Å². The Morgan fingerprint density at radius 2 is 2.29 bits per heavy atom. The van der Waals surface area contributed by atoms with E-state index in [4.69, 9.17) is 0 Å². The quantitative estimate of drug-likeness (QED) is 0.790. The van der Waals surface area contributed by atoms with Crippen LogP contribution < -0.4 is 5.32 Å². The smallest absolute Gasteiger partial charge is 0.251 e. The molecule has 1 N–H and O–H groups in total. The largest absolute Gasteiger partial charge is 0.352 e. The molecule has 1 aromatic heterocycles. The third-order valence-electron chi connectivity index (χ3n) is 3.00. The maximum absolute atomic E-state index is 12.0. The molecule has 0 saturated carbocycles. The molecule has 0 spiro atoms. The highest BCUT2D eigenvalue weighted by Crippen LogP contribution is 2.07. The maximum atomic E-state index is 12.0. The van der Waals surface area contributed by atoms with Gasteiger partial charge in [0, 0.05) is 53.9 Å². The van der Waals surface area contributed by atoms with Crippen LogP contribution in [0.15, 0.2) is 43.0 Å². The number of nitrogens with zero attached hydrogens (tertiary/aromatic N) is 2. The van der Waals surface area contributed by atoms with E-state index in [1.165, 1.54) is 0 Å². The van der Waals surface area contributed by atoms with Crippen molar-refractivity contribution in [1.29, 1.82) is 0 Å². The lowest BCUT2D eigenvalue weighted by Gasteiger charge is -2.07. The minimum atomic E-state index is -0.902. The normalized spacial score (nSPS) is 12.0. The molecule has 21 heavy (non-hydrogen) atoms. The van der Waals surface area contributed by atoms with Crippen molar-refractivity contribution < 1.29 is 9.00 Å². The van der Waals surface area contributed by atoms with Gasteiger partial charge < -0.3 is 9.88 Å². The van der Waals surface area contributed by atoms with Gasteiger partial charge >= 0.3 is 0 Å². The summed E-state index contributed by atoms with van der Waals surface area (Å²) in [5.41, 5.74) is 1.53. The molecule has 5 nitrogen and oxygen atoms in total. The van der Waals surface area contributed by atoms with Crippen molar-refractivity contribution in [1.82, 2.24) is 14.9 Å². The second-order valence-corrected chi connectivity index (χ2v) is 6.26. The summed E-state index contributed by atoms with van der Waals surface area (Å²) in [4.78, 5) is 16.0. The summed E-state index contributed by atoms with van der Waals surface area (Å²) < 4.78 is 13.2. The van der Waals surface area contributed by atoms with Crippen molar-refractivity contribution in [2.45, 2.75) is 18.7 Å². The number of benzene rings is 1. The Hall–Kier alpha value is -1.95. The summed E-state index contributed by atoms with van der Waals surface area (Å²) in [6, 6.07) is 7.28. The summed E-state index contributed by atoms with van der Waals surface area (Å²) in [6.45, 7) is 1.44. The fourth-order valence-electron chi connectivity index (χ4n) is 2.02. The molecule has 1 amide bonds. The Labute approximate surface area is 126 Å². The summed E-state index contributed by atoms with van der Waals surface area (Å²) >= 11 is 0. The summed E-state index contributed by atoms with van der Waals surface area (Å²) in [5, 5.41) is 2.89. The van der Waals surface area contributed by atoms with Gasteiger partial charge in [-0.15, -0.1) is 0 Å². The van der Waals surface area contributed by atoms with Crippen LogP contribution in [0.1, 0.15) is 22.3 Å². The number of rotatable bonds is 7. The van der Waals surface area contributed by atoms with Crippen molar-refractivity contribution in [3.63, 3.8) is 0 Å². The molecule has 1 atom stereocenters. The molecule has 1 heterocycles. The predicted octanol–water partition coefficient (Wildman–Crippen LogP) is 1.58. The molecule has 1 unspecified atom stereocenters. The van der Waals surface area contributed by atoms with Crippen LogP contribution in [-0.2, 0) is 23.1 Å². The highest BCUT2D eigenvalue weighted by Gasteiger charge is 2.06. The second-order valence-electron chi connectivity index (χ2n) is 4.83. The van der Waals surface area contributed by atoms with Gasteiger partial charge in [-0.3, -0.25) is 9.00 Å². The van der Waals surface area contributed by atoms with E-state index in [1.807, 2.05) is 22.9 Å². The van der Waals surface area contributed by atoms with Crippen LogP contribution in [0, 0.1) is 0 Å². The van der Waals surface area contributed by atoms with Crippen molar-refractivity contribution in [3.05, 3.63) is 54.1 Å². The number of carbonyl (C=O) groups is 1. The van der Waals surface area contributed by atoms with E-state index in [0.29, 0.717) is 17.9 Å². The highest BCUT2D eigenvalue weighted by atomic mass is 32.2. The van der Waals surface area contributed by atoms with Gasteiger partial charge in [-0.2, -0.15) is 0 Å². The SMILES string of the molecule is CS(=O)Cc1cccc(C(=O)NCCCn2ccnc2)c1. The van der Waals surface area contributed by atoms with Crippen LogP contribution in [0.25, 0.3) is 0 Å². The van der Waals surface area contributed by atoms with E-state index in [-0.39, 0.29) is 5.91 Å². The molecule has 2 aromatic rings. The van der Waals surface area contributed by atoms with Gasteiger partial charge in [-0.05, 0) is 24.1 Å². The molecule has 0 fully saturated rings. The maximum Gasteiger partial charge on any atom is 0.251 e. The Balaban J connectivity index is 1.81. The number of carbonyl (C=O) groups excluding carboxylic acids is 1. The van der Waals surface area contributed by atoms with Crippen LogP contribution in [-0.4, -0.2) is 32.5 Å². The molecule has 0 radical (unpaired) electrons. The van der Waals surface area contributed by atoms with Crippen LogP contribution in [0.5, 0.6) is 0 Å². The van der Waals surface area contributed by atoms with Gasteiger partial charge in [-0.25, -0.2) is 4.98 Å². The molecular weight excluding hydrogens is 286 g/mol. The fraction of sp³-hybridized carbons (Fsp3) is 0.333. The summed E-state index contributed by atoms with van der Waals surface area (Å²) in [5.74, 6) is 0.381. The molecule has 112 valence electrons. The Kier molecular flexibility index (Phi) is 5.68.